The Morgan fingerprint density at radius 3 is 2.56 bits per heavy atom. The molecule has 0 saturated heterocycles. The number of carboxylic acids is 1. The Labute approximate surface area is 156 Å². The van der Waals surface area contributed by atoms with Gasteiger partial charge in [0.25, 0.3) is 5.91 Å². The summed E-state index contributed by atoms with van der Waals surface area (Å²) in [5, 5.41) is 20.7. The van der Waals surface area contributed by atoms with Crippen LogP contribution < -0.4 is 14.8 Å². The highest BCUT2D eigenvalue weighted by Crippen LogP contribution is 2.29. The van der Waals surface area contributed by atoms with Crippen LogP contribution in [0.3, 0.4) is 0 Å². The van der Waals surface area contributed by atoms with E-state index in [-0.39, 0.29) is 11.3 Å². The summed E-state index contributed by atoms with van der Waals surface area (Å²) in [6.07, 6.45) is 1.42. The predicted molar refractivity (Wildman–Crippen MR) is 98.0 cm³/mol. The van der Waals surface area contributed by atoms with E-state index >= 15 is 0 Å². The van der Waals surface area contributed by atoms with Gasteiger partial charge in [-0.05, 0) is 29.3 Å². The van der Waals surface area contributed by atoms with Crippen molar-refractivity contribution in [2.75, 3.05) is 13.7 Å². The fourth-order valence-corrected chi connectivity index (χ4v) is 2.22. The van der Waals surface area contributed by atoms with Crippen molar-refractivity contribution in [1.29, 1.82) is 5.26 Å². The molecule has 0 saturated carbocycles. The Kier molecular flexibility index (Phi) is 6.97. The third kappa shape index (κ3) is 5.90. The van der Waals surface area contributed by atoms with Gasteiger partial charge in [0, 0.05) is 6.54 Å². The molecule has 0 aliphatic carbocycles. The fraction of sp³-hybridized carbons (Fsp3) is 0.150. The molecule has 7 heteroatoms. The lowest BCUT2D eigenvalue weighted by Gasteiger charge is -2.10. The molecule has 27 heavy (non-hydrogen) atoms. The Morgan fingerprint density at radius 1 is 1.19 bits per heavy atom. The maximum Gasteiger partial charge on any atom is 0.341 e. The predicted octanol–water partition coefficient (Wildman–Crippen LogP) is 2.38. The zero-order chi connectivity index (χ0) is 19.6. The number of methoxy groups -OCH3 is 1. The summed E-state index contributed by atoms with van der Waals surface area (Å²) in [4.78, 5) is 22.8. The molecule has 2 aromatic rings. The van der Waals surface area contributed by atoms with Gasteiger partial charge in [-0.3, -0.25) is 4.79 Å². The number of carbonyl (C=O) groups excluding carboxylic acids is 1. The number of nitrogens with zero attached hydrogens (tertiary/aromatic N) is 1. The fourth-order valence-electron chi connectivity index (χ4n) is 2.22. The average molecular weight is 366 g/mol. The van der Waals surface area contributed by atoms with Crippen molar-refractivity contribution in [3.63, 3.8) is 0 Å². The van der Waals surface area contributed by atoms with E-state index in [9.17, 15) is 14.9 Å². The van der Waals surface area contributed by atoms with Gasteiger partial charge in [0.05, 0.1) is 7.11 Å². The lowest BCUT2D eigenvalue weighted by Crippen LogP contribution is -2.23. The molecule has 0 spiro atoms. The first-order valence-electron chi connectivity index (χ1n) is 8.00. The Bertz CT molecular complexity index is 885. The number of amides is 1. The standard InChI is InChI=1S/C20H18N2O5/c1-26-18-10-15(7-8-17(18)27-13-19(23)24)9-16(11-21)20(25)22-12-14-5-3-2-4-6-14/h2-10H,12-13H2,1H3,(H,22,25)(H,23,24)/b16-9-. The highest BCUT2D eigenvalue weighted by molar-refractivity contribution is 6.01. The molecule has 2 rings (SSSR count). The number of carboxylic acid groups (broad SMARTS) is 1. The van der Waals surface area contributed by atoms with Gasteiger partial charge in [-0.25, -0.2) is 4.79 Å². The summed E-state index contributed by atoms with van der Waals surface area (Å²) < 4.78 is 10.3. The molecule has 0 fully saturated rings. The molecular formula is C20H18N2O5. The summed E-state index contributed by atoms with van der Waals surface area (Å²) in [5.74, 6) is -1.05. The number of nitrogens with one attached hydrogen (secondary N) is 1. The molecule has 138 valence electrons. The van der Waals surface area contributed by atoms with Crippen LogP contribution in [-0.2, 0) is 16.1 Å². The van der Waals surface area contributed by atoms with Crippen molar-refractivity contribution < 1.29 is 24.2 Å². The molecule has 2 N–H and O–H groups in total. The van der Waals surface area contributed by atoms with E-state index in [2.05, 4.69) is 5.32 Å². The smallest absolute Gasteiger partial charge is 0.341 e. The van der Waals surface area contributed by atoms with Gasteiger partial charge < -0.3 is 19.9 Å². The second kappa shape index (κ2) is 9.63. The molecule has 2 aromatic carbocycles. The molecule has 0 aromatic heterocycles. The summed E-state index contributed by atoms with van der Waals surface area (Å²) >= 11 is 0. The van der Waals surface area contributed by atoms with Gasteiger partial charge in [-0.1, -0.05) is 36.4 Å². The van der Waals surface area contributed by atoms with E-state index in [1.54, 1.807) is 12.1 Å². The van der Waals surface area contributed by atoms with Crippen LogP contribution in [0.25, 0.3) is 6.08 Å². The molecule has 0 aliphatic heterocycles. The first kappa shape index (κ1) is 19.5. The van der Waals surface area contributed by atoms with Crippen molar-refractivity contribution >= 4 is 18.0 Å². The Morgan fingerprint density at radius 2 is 1.93 bits per heavy atom. The number of hydrogen-bond donors (Lipinski definition) is 2. The summed E-state index contributed by atoms with van der Waals surface area (Å²) in [6, 6.07) is 15.9. The zero-order valence-electron chi connectivity index (χ0n) is 14.6. The Hall–Kier alpha value is -3.79. The van der Waals surface area contributed by atoms with Gasteiger partial charge in [0.2, 0.25) is 0 Å². The van der Waals surface area contributed by atoms with E-state index < -0.39 is 18.5 Å². The van der Waals surface area contributed by atoms with Crippen molar-refractivity contribution in [3.05, 3.63) is 65.2 Å². The maximum absolute atomic E-state index is 12.2. The van der Waals surface area contributed by atoms with Crippen molar-refractivity contribution in [3.8, 4) is 17.6 Å². The number of benzene rings is 2. The molecule has 0 bridgehead atoms. The van der Waals surface area contributed by atoms with Gasteiger partial charge in [0.15, 0.2) is 18.1 Å². The minimum atomic E-state index is -1.11. The first-order chi connectivity index (χ1) is 13.0. The highest BCUT2D eigenvalue weighted by atomic mass is 16.5. The van der Waals surface area contributed by atoms with Crippen molar-refractivity contribution in [2.24, 2.45) is 0 Å². The minimum Gasteiger partial charge on any atom is -0.493 e. The van der Waals surface area contributed by atoms with E-state index in [4.69, 9.17) is 14.6 Å². The van der Waals surface area contributed by atoms with Crippen molar-refractivity contribution in [1.82, 2.24) is 5.32 Å². The third-order valence-electron chi connectivity index (χ3n) is 3.51. The van der Waals surface area contributed by atoms with E-state index in [0.717, 1.165) is 5.56 Å². The van der Waals surface area contributed by atoms with Crippen LogP contribution in [0.15, 0.2) is 54.1 Å². The van der Waals surface area contributed by atoms with Gasteiger partial charge in [-0.15, -0.1) is 0 Å². The molecule has 0 heterocycles. The van der Waals surface area contributed by atoms with Crippen LogP contribution in [0.5, 0.6) is 11.5 Å². The molecule has 1 amide bonds. The topological polar surface area (TPSA) is 109 Å². The lowest BCUT2D eigenvalue weighted by atomic mass is 10.1. The number of aliphatic carboxylic acids is 1. The van der Waals surface area contributed by atoms with E-state index in [1.165, 1.54) is 19.3 Å². The number of carbonyl (C=O) groups is 2. The first-order valence-corrected chi connectivity index (χ1v) is 8.00. The Balaban J connectivity index is 2.12. The molecule has 7 nitrogen and oxygen atoms in total. The second-order valence-corrected chi connectivity index (χ2v) is 5.43. The van der Waals surface area contributed by atoms with Crippen molar-refractivity contribution in [2.45, 2.75) is 6.54 Å². The third-order valence-corrected chi connectivity index (χ3v) is 3.51. The van der Waals surface area contributed by atoms with E-state index in [1.807, 2.05) is 36.4 Å². The van der Waals surface area contributed by atoms with Crippen LogP contribution in [0, 0.1) is 11.3 Å². The molecule has 0 aliphatic rings. The van der Waals surface area contributed by atoms with Crippen LogP contribution in [-0.4, -0.2) is 30.7 Å². The summed E-state index contributed by atoms with van der Waals surface area (Å²) in [5.41, 5.74) is 1.40. The van der Waals surface area contributed by atoms with Gasteiger partial charge in [0.1, 0.15) is 11.6 Å². The maximum atomic E-state index is 12.2. The molecular weight excluding hydrogens is 348 g/mol. The lowest BCUT2D eigenvalue weighted by molar-refractivity contribution is -0.139. The highest BCUT2D eigenvalue weighted by Gasteiger charge is 2.11. The van der Waals surface area contributed by atoms with Crippen LogP contribution in [0.1, 0.15) is 11.1 Å². The number of ether oxygens (including phenoxy) is 2. The van der Waals surface area contributed by atoms with Gasteiger partial charge >= 0.3 is 5.97 Å². The molecule has 0 radical (unpaired) electrons. The normalized spacial score (nSPS) is 10.6. The average Bonchev–Trinajstić information content (AvgIpc) is 2.69. The minimum absolute atomic E-state index is 0.0628. The van der Waals surface area contributed by atoms with E-state index in [0.29, 0.717) is 17.9 Å². The quantitative estimate of drug-likeness (QED) is 0.548. The zero-order valence-corrected chi connectivity index (χ0v) is 14.6. The van der Waals surface area contributed by atoms with Gasteiger partial charge in [-0.2, -0.15) is 5.26 Å². The number of rotatable bonds is 8. The van der Waals surface area contributed by atoms with Crippen LogP contribution in [0.2, 0.25) is 0 Å². The number of hydrogen-bond acceptors (Lipinski definition) is 5. The largest absolute Gasteiger partial charge is 0.493 e. The second-order valence-electron chi connectivity index (χ2n) is 5.43. The summed E-state index contributed by atoms with van der Waals surface area (Å²) in [6.45, 7) is -0.194. The molecule has 0 unspecified atom stereocenters. The number of nitriles is 1. The SMILES string of the molecule is COc1cc(/C=C(/C#N)C(=O)NCc2ccccc2)ccc1OCC(=O)O. The summed E-state index contributed by atoms with van der Waals surface area (Å²) in [7, 11) is 1.41. The monoisotopic (exact) mass is 366 g/mol. The van der Waals surface area contributed by atoms with Crippen LogP contribution >= 0.6 is 0 Å². The van der Waals surface area contributed by atoms with Crippen LogP contribution in [0.4, 0.5) is 0 Å². The molecule has 0 atom stereocenters.